The zero-order valence-corrected chi connectivity index (χ0v) is 23.1. The standard InChI is InChI=1S/C37H35N3/c1-4-28(5-2)30-16-18-33-31(23-30)17-20-35-34-19-15-29(26(3)22-27(25-39)12-8-7-11-21-38)24-36(34)40(37(33)35)32-13-9-6-10-14-32/h4-11,13-25H,1,12,38-39H2,2-3H3/b8-7-,21-11-,26-22+,27-25-,28-5+. The zero-order valence-electron chi connectivity index (χ0n) is 23.1. The SMILES string of the molecule is C=C/C(=C\C)c1ccc2c(ccc3c4ccc(/C(C)=C/C(=C\N)C/C=C\C=C/N)cc4n(-c4ccccc4)c23)c1. The van der Waals surface area contributed by atoms with Gasteiger partial charge in [0, 0.05) is 21.8 Å². The van der Waals surface area contributed by atoms with Gasteiger partial charge in [-0.1, -0.05) is 91.6 Å². The summed E-state index contributed by atoms with van der Waals surface area (Å²) in [5, 5.41) is 4.90. The van der Waals surface area contributed by atoms with Crippen LogP contribution in [0.15, 0.2) is 140 Å². The summed E-state index contributed by atoms with van der Waals surface area (Å²) in [5.74, 6) is 0. The summed E-state index contributed by atoms with van der Waals surface area (Å²) in [6.07, 6.45) is 15.9. The number of rotatable bonds is 8. The number of nitrogens with zero attached hydrogens (tertiary/aromatic N) is 1. The van der Waals surface area contributed by atoms with E-state index < -0.39 is 0 Å². The molecule has 0 aliphatic carbocycles. The van der Waals surface area contributed by atoms with Crippen molar-refractivity contribution < 1.29 is 0 Å². The highest BCUT2D eigenvalue weighted by Crippen LogP contribution is 2.38. The number of hydrogen-bond acceptors (Lipinski definition) is 2. The topological polar surface area (TPSA) is 57.0 Å². The van der Waals surface area contributed by atoms with Crippen LogP contribution in [0.1, 0.15) is 31.4 Å². The fraction of sp³-hybridized carbons (Fsp3) is 0.0811. The molecule has 40 heavy (non-hydrogen) atoms. The smallest absolute Gasteiger partial charge is 0.0619 e. The number of fused-ring (bicyclic) bond motifs is 5. The zero-order chi connectivity index (χ0) is 28.1. The predicted octanol–water partition coefficient (Wildman–Crippen LogP) is 9.19. The van der Waals surface area contributed by atoms with Crippen molar-refractivity contribution in [1.29, 1.82) is 0 Å². The van der Waals surface area contributed by atoms with Gasteiger partial charge < -0.3 is 16.0 Å². The fourth-order valence-electron chi connectivity index (χ4n) is 5.39. The van der Waals surface area contributed by atoms with E-state index in [-0.39, 0.29) is 0 Å². The molecule has 0 aliphatic heterocycles. The van der Waals surface area contributed by atoms with Crippen molar-refractivity contribution in [3.05, 3.63) is 151 Å². The van der Waals surface area contributed by atoms with Crippen molar-refractivity contribution in [2.75, 3.05) is 0 Å². The maximum atomic E-state index is 5.96. The predicted molar refractivity (Wildman–Crippen MR) is 175 cm³/mol. The van der Waals surface area contributed by atoms with Gasteiger partial charge in [0.15, 0.2) is 0 Å². The van der Waals surface area contributed by atoms with Crippen molar-refractivity contribution in [3.63, 3.8) is 0 Å². The fourth-order valence-corrected chi connectivity index (χ4v) is 5.39. The van der Waals surface area contributed by atoms with Crippen LogP contribution < -0.4 is 11.5 Å². The minimum Gasteiger partial charge on any atom is -0.405 e. The maximum absolute atomic E-state index is 5.96. The molecular formula is C37H35N3. The van der Waals surface area contributed by atoms with Gasteiger partial charge in [0.2, 0.25) is 0 Å². The molecule has 0 radical (unpaired) electrons. The molecule has 0 aliphatic rings. The Morgan fingerprint density at radius 1 is 0.850 bits per heavy atom. The highest BCUT2D eigenvalue weighted by Gasteiger charge is 2.16. The van der Waals surface area contributed by atoms with E-state index in [1.807, 2.05) is 31.2 Å². The normalized spacial score (nSPS) is 13.4. The Kier molecular flexibility index (Phi) is 7.84. The average Bonchev–Trinajstić information content (AvgIpc) is 3.33. The highest BCUT2D eigenvalue weighted by molar-refractivity contribution is 6.19. The Hall–Kier alpha value is -5.02. The number of nitrogens with two attached hydrogens (primary N) is 2. The molecule has 4 N–H and O–H groups in total. The summed E-state index contributed by atoms with van der Waals surface area (Å²) in [4.78, 5) is 0. The van der Waals surface area contributed by atoms with Crippen LogP contribution in [-0.4, -0.2) is 4.57 Å². The molecular weight excluding hydrogens is 486 g/mol. The molecule has 1 heterocycles. The minimum absolute atomic E-state index is 0.736. The van der Waals surface area contributed by atoms with E-state index in [4.69, 9.17) is 11.5 Å². The van der Waals surface area contributed by atoms with Crippen LogP contribution in [0.5, 0.6) is 0 Å². The molecule has 0 atom stereocenters. The summed E-state index contributed by atoms with van der Waals surface area (Å²) < 4.78 is 2.40. The second-order valence-electron chi connectivity index (χ2n) is 9.83. The van der Waals surface area contributed by atoms with Crippen molar-refractivity contribution in [3.8, 4) is 5.69 Å². The average molecular weight is 522 g/mol. The molecule has 3 heteroatoms. The van der Waals surface area contributed by atoms with Gasteiger partial charge in [-0.2, -0.15) is 0 Å². The third kappa shape index (κ3) is 5.02. The van der Waals surface area contributed by atoms with Gasteiger partial charge in [-0.05, 0) is 96.2 Å². The molecule has 0 saturated heterocycles. The van der Waals surface area contributed by atoms with Crippen molar-refractivity contribution in [1.82, 2.24) is 4.57 Å². The molecule has 0 fully saturated rings. The molecule has 3 nitrogen and oxygen atoms in total. The van der Waals surface area contributed by atoms with Crippen molar-refractivity contribution in [2.24, 2.45) is 11.5 Å². The monoisotopic (exact) mass is 521 g/mol. The van der Waals surface area contributed by atoms with Gasteiger partial charge in [-0.25, -0.2) is 0 Å². The van der Waals surface area contributed by atoms with Crippen LogP contribution in [0.2, 0.25) is 0 Å². The Morgan fingerprint density at radius 3 is 2.33 bits per heavy atom. The van der Waals surface area contributed by atoms with E-state index in [1.165, 1.54) is 44.3 Å². The van der Waals surface area contributed by atoms with Crippen LogP contribution in [0, 0.1) is 0 Å². The highest BCUT2D eigenvalue weighted by atomic mass is 15.0. The molecule has 0 unspecified atom stereocenters. The summed E-state index contributed by atoms with van der Waals surface area (Å²) in [5.41, 5.74) is 20.6. The number of para-hydroxylation sites is 1. The van der Waals surface area contributed by atoms with E-state index >= 15 is 0 Å². The Balaban J connectivity index is 1.73. The molecule has 5 rings (SSSR count). The lowest BCUT2D eigenvalue weighted by Gasteiger charge is -2.11. The van der Waals surface area contributed by atoms with Gasteiger partial charge in [0.25, 0.3) is 0 Å². The molecule has 0 bridgehead atoms. The molecule has 0 saturated carbocycles. The second kappa shape index (κ2) is 11.8. The Bertz CT molecular complexity index is 1860. The summed E-state index contributed by atoms with van der Waals surface area (Å²) >= 11 is 0. The third-order valence-electron chi connectivity index (χ3n) is 7.41. The molecule has 4 aromatic carbocycles. The molecule has 1 aromatic heterocycles. The Labute approximate surface area is 236 Å². The van der Waals surface area contributed by atoms with E-state index in [0.717, 1.165) is 34.4 Å². The molecule has 0 spiro atoms. The summed E-state index contributed by atoms with van der Waals surface area (Å²) in [6.45, 7) is 8.18. The maximum Gasteiger partial charge on any atom is 0.0619 e. The lowest BCUT2D eigenvalue weighted by atomic mass is 9.98. The van der Waals surface area contributed by atoms with Gasteiger partial charge in [0.1, 0.15) is 0 Å². The summed E-state index contributed by atoms with van der Waals surface area (Å²) in [7, 11) is 0. The quantitative estimate of drug-likeness (QED) is 0.200. The first-order chi connectivity index (χ1) is 19.6. The first-order valence-corrected chi connectivity index (χ1v) is 13.6. The molecule has 0 amide bonds. The number of benzene rings is 4. The lowest BCUT2D eigenvalue weighted by molar-refractivity contribution is 1.18. The van der Waals surface area contributed by atoms with Gasteiger partial charge in [-0.3, -0.25) is 0 Å². The van der Waals surface area contributed by atoms with Crippen LogP contribution in [-0.2, 0) is 0 Å². The van der Waals surface area contributed by atoms with E-state index in [2.05, 4.69) is 109 Å². The largest absolute Gasteiger partial charge is 0.405 e. The van der Waals surface area contributed by atoms with Crippen LogP contribution in [0.4, 0.5) is 0 Å². The summed E-state index contributed by atoms with van der Waals surface area (Å²) in [6, 6.07) is 28.5. The molecule has 198 valence electrons. The second-order valence-corrected chi connectivity index (χ2v) is 9.83. The minimum atomic E-state index is 0.736. The lowest BCUT2D eigenvalue weighted by Crippen LogP contribution is -1.95. The van der Waals surface area contributed by atoms with Gasteiger partial charge in [0.05, 0.1) is 11.0 Å². The van der Waals surface area contributed by atoms with Crippen LogP contribution in [0.25, 0.3) is 49.4 Å². The first-order valence-electron chi connectivity index (χ1n) is 13.6. The number of hydrogen-bond donors (Lipinski definition) is 2. The Morgan fingerprint density at radius 2 is 1.60 bits per heavy atom. The van der Waals surface area contributed by atoms with Crippen LogP contribution >= 0.6 is 0 Å². The van der Waals surface area contributed by atoms with Crippen LogP contribution in [0.3, 0.4) is 0 Å². The van der Waals surface area contributed by atoms with Gasteiger partial charge >= 0.3 is 0 Å². The molecule has 5 aromatic rings. The van der Waals surface area contributed by atoms with Crippen molar-refractivity contribution >= 4 is 43.7 Å². The van der Waals surface area contributed by atoms with E-state index in [1.54, 1.807) is 6.20 Å². The van der Waals surface area contributed by atoms with E-state index in [9.17, 15) is 0 Å². The number of aromatic nitrogens is 1. The van der Waals surface area contributed by atoms with Gasteiger partial charge in [-0.15, -0.1) is 0 Å². The first kappa shape index (κ1) is 26.6. The van der Waals surface area contributed by atoms with E-state index in [0.29, 0.717) is 0 Å². The number of allylic oxidation sites excluding steroid dienone is 9. The third-order valence-corrected chi connectivity index (χ3v) is 7.41. The van der Waals surface area contributed by atoms with Crippen molar-refractivity contribution in [2.45, 2.75) is 20.3 Å².